The number of likely N-dealkylation sites (N-methyl/N-ethyl adjacent to an activating group) is 1. The average Bonchev–Trinajstić information content (AvgIpc) is 3.58. The molecule has 2 aromatic rings. The Kier molecular flexibility index (Phi) is 7.20. The van der Waals surface area contributed by atoms with Gasteiger partial charge in [0.25, 0.3) is 0 Å². The number of rotatable bonds is 8. The molecule has 36 heavy (non-hydrogen) atoms. The fraction of sp³-hybridized carbons (Fsp3) is 0.452. The summed E-state index contributed by atoms with van der Waals surface area (Å²) in [5, 5.41) is 1.06. The lowest BCUT2D eigenvalue weighted by molar-refractivity contribution is -0.111. The van der Waals surface area contributed by atoms with Gasteiger partial charge in [-0.3, -0.25) is 4.79 Å². The van der Waals surface area contributed by atoms with Crippen molar-refractivity contribution >= 4 is 28.5 Å². The van der Waals surface area contributed by atoms with Crippen molar-refractivity contribution in [2.75, 3.05) is 31.1 Å². The van der Waals surface area contributed by atoms with Crippen molar-refractivity contribution < 1.29 is 13.9 Å². The smallest absolute Gasteiger partial charge is 0.184 e. The molecule has 2 fully saturated rings. The number of carbonyl (C=O) groups is 1. The molecule has 3 aliphatic rings. The minimum atomic E-state index is -0.0139. The summed E-state index contributed by atoms with van der Waals surface area (Å²) in [7, 11) is 0. The van der Waals surface area contributed by atoms with Crippen molar-refractivity contribution in [1.82, 2.24) is 4.90 Å². The Morgan fingerprint density at radius 3 is 2.47 bits per heavy atom. The van der Waals surface area contributed by atoms with Gasteiger partial charge in [-0.2, -0.15) is 0 Å². The molecule has 0 radical (unpaired) electrons. The Bertz CT molecular complexity index is 1240. The van der Waals surface area contributed by atoms with E-state index in [1.807, 2.05) is 12.1 Å². The Labute approximate surface area is 214 Å². The van der Waals surface area contributed by atoms with Gasteiger partial charge in [0.05, 0.1) is 12.2 Å². The maximum Gasteiger partial charge on any atom is 0.184 e. The van der Waals surface area contributed by atoms with Crippen LogP contribution in [0.3, 0.4) is 0 Å². The van der Waals surface area contributed by atoms with E-state index in [-0.39, 0.29) is 18.0 Å². The van der Waals surface area contributed by atoms with Crippen molar-refractivity contribution in [3.63, 3.8) is 0 Å². The van der Waals surface area contributed by atoms with Crippen LogP contribution in [0.25, 0.3) is 17.0 Å². The van der Waals surface area contributed by atoms with E-state index < -0.39 is 0 Å². The molecule has 1 aromatic heterocycles. The molecule has 1 saturated carbocycles. The van der Waals surface area contributed by atoms with E-state index in [1.54, 1.807) is 0 Å². The lowest BCUT2D eigenvalue weighted by atomic mass is 9.93. The van der Waals surface area contributed by atoms with Crippen LogP contribution in [-0.2, 0) is 9.53 Å². The molecule has 0 amide bonds. The maximum atomic E-state index is 13.2. The van der Waals surface area contributed by atoms with Gasteiger partial charge in [-0.1, -0.05) is 6.08 Å². The summed E-state index contributed by atoms with van der Waals surface area (Å²) in [6.07, 6.45) is 13.3. The van der Waals surface area contributed by atoms with Gasteiger partial charge < -0.3 is 19.0 Å². The van der Waals surface area contributed by atoms with E-state index in [9.17, 15) is 4.79 Å². The number of nitrogens with zero attached hydrogens (tertiary/aromatic N) is 2. The van der Waals surface area contributed by atoms with Gasteiger partial charge in [-0.05, 0) is 95.0 Å². The van der Waals surface area contributed by atoms with Gasteiger partial charge >= 0.3 is 0 Å². The molecule has 5 nitrogen and oxygen atoms in total. The first-order valence-electron chi connectivity index (χ1n) is 13.6. The van der Waals surface area contributed by atoms with Crippen molar-refractivity contribution in [3.05, 3.63) is 71.2 Å². The molecule has 190 valence electrons. The molecule has 0 bridgehead atoms. The number of allylic oxidation sites excluding steroid dienone is 3. The molecule has 2 aliphatic carbocycles. The van der Waals surface area contributed by atoms with Crippen LogP contribution in [0.5, 0.6) is 0 Å². The molecular weight excluding hydrogens is 448 g/mol. The number of ether oxygens (including phenoxy) is 1. The second-order valence-corrected chi connectivity index (χ2v) is 9.90. The van der Waals surface area contributed by atoms with Crippen LogP contribution in [0, 0.1) is 5.92 Å². The number of hydrogen-bond acceptors (Lipinski definition) is 5. The molecule has 5 heteroatoms. The number of fused-ring (bicyclic) bond motifs is 2. The van der Waals surface area contributed by atoms with Gasteiger partial charge in [0.15, 0.2) is 5.78 Å². The van der Waals surface area contributed by atoms with Gasteiger partial charge in [0.1, 0.15) is 11.3 Å². The highest BCUT2D eigenvalue weighted by Crippen LogP contribution is 2.36. The summed E-state index contributed by atoms with van der Waals surface area (Å²) in [4.78, 5) is 17.8. The molecule has 0 spiro atoms. The number of ketones is 1. The summed E-state index contributed by atoms with van der Waals surface area (Å²) in [6.45, 7) is 12.6. The van der Waals surface area contributed by atoms with Gasteiger partial charge in [-0.15, -0.1) is 0 Å². The van der Waals surface area contributed by atoms with Crippen molar-refractivity contribution in [1.29, 1.82) is 0 Å². The second-order valence-electron chi connectivity index (χ2n) is 9.90. The monoisotopic (exact) mass is 486 g/mol. The molecular formula is C31H38N2O3. The summed E-state index contributed by atoms with van der Waals surface area (Å²) >= 11 is 0. The average molecular weight is 487 g/mol. The third-order valence-corrected chi connectivity index (χ3v) is 7.84. The highest BCUT2D eigenvalue weighted by atomic mass is 16.5. The first-order chi connectivity index (χ1) is 17.5. The van der Waals surface area contributed by atoms with Crippen molar-refractivity contribution in [2.45, 2.75) is 59.2 Å². The predicted octanol–water partition coefficient (Wildman–Crippen LogP) is 6.52. The van der Waals surface area contributed by atoms with Crippen molar-refractivity contribution in [2.24, 2.45) is 5.92 Å². The van der Waals surface area contributed by atoms with E-state index in [2.05, 4.69) is 80.0 Å². The van der Waals surface area contributed by atoms with E-state index in [1.165, 1.54) is 5.70 Å². The fourth-order valence-electron chi connectivity index (χ4n) is 5.76. The van der Waals surface area contributed by atoms with Crippen LogP contribution in [0.4, 0.5) is 5.69 Å². The molecule has 3 unspecified atom stereocenters. The number of carbonyl (C=O) groups excluding carboxylic acids is 1. The molecule has 0 N–H and O–H groups in total. The van der Waals surface area contributed by atoms with Crippen LogP contribution < -0.4 is 4.90 Å². The summed E-state index contributed by atoms with van der Waals surface area (Å²) in [5.74, 6) is 1.26. The summed E-state index contributed by atoms with van der Waals surface area (Å²) < 4.78 is 12.5. The van der Waals surface area contributed by atoms with E-state index >= 15 is 0 Å². The van der Waals surface area contributed by atoms with Gasteiger partial charge in [0, 0.05) is 60.5 Å². The van der Waals surface area contributed by atoms with Crippen LogP contribution in [0.15, 0.2) is 69.8 Å². The minimum Gasteiger partial charge on any atom is -0.457 e. The molecule has 2 heterocycles. The van der Waals surface area contributed by atoms with Crippen LogP contribution in [0.2, 0.25) is 0 Å². The molecule has 3 atom stereocenters. The normalized spacial score (nSPS) is 25.7. The zero-order chi connectivity index (χ0) is 25.2. The highest BCUT2D eigenvalue weighted by Gasteiger charge is 2.35. The summed E-state index contributed by atoms with van der Waals surface area (Å²) in [6, 6.07) is 8.36. The van der Waals surface area contributed by atoms with Crippen LogP contribution >= 0.6 is 0 Å². The van der Waals surface area contributed by atoms with Gasteiger partial charge in [-0.25, -0.2) is 0 Å². The fourth-order valence-corrected chi connectivity index (χ4v) is 5.76. The topological polar surface area (TPSA) is 45.9 Å². The lowest BCUT2D eigenvalue weighted by Crippen LogP contribution is -2.26. The number of Topliss-reactive ketones (excluding diaryl/α,β-unsaturated/α-hetero) is 1. The minimum absolute atomic E-state index is 0.0139. The Morgan fingerprint density at radius 2 is 1.72 bits per heavy atom. The van der Waals surface area contributed by atoms with Gasteiger partial charge in [0.2, 0.25) is 0 Å². The Morgan fingerprint density at radius 1 is 0.972 bits per heavy atom. The van der Waals surface area contributed by atoms with E-state index in [0.29, 0.717) is 5.92 Å². The molecule has 1 aliphatic heterocycles. The molecule has 5 rings (SSSR count). The quantitative estimate of drug-likeness (QED) is 0.398. The largest absolute Gasteiger partial charge is 0.457 e. The number of anilines is 1. The Balaban J connectivity index is 1.28. The predicted molar refractivity (Wildman–Crippen MR) is 147 cm³/mol. The molecule has 1 aromatic carbocycles. The first kappa shape index (κ1) is 24.6. The zero-order valence-corrected chi connectivity index (χ0v) is 22.0. The third kappa shape index (κ3) is 4.81. The number of furan rings is 1. The lowest BCUT2D eigenvalue weighted by Gasteiger charge is -2.27. The standard InChI is InChI=1S/C31H38N2O3/c1-5-32(6-2)25-13-11-21-15-27(35-29(21)19-25)17-23-9-10-24(31(23)34)18-28-16-22-12-14-26(20-30(22)36-28)33(7-3)8-4/h11-15,17-20,22,28,30H,5-10,16H2,1-4H3. The van der Waals surface area contributed by atoms with Crippen LogP contribution in [-0.4, -0.2) is 49.1 Å². The second kappa shape index (κ2) is 10.5. The van der Waals surface area contributed by atoms with Crippen molar-refractivity contribution in [3.8, 4) is 0 Å². The highest BCUT2D eigenvalue weighted by molar-refractivity contribution is 6.13. The Hall–Kier alpha value is -3.05. The number of hydrogen-bond donors (Lipinski definition) is 0. The van der Waals surface area contributed by atoms with Crippen LogP contribution in [0.1, 0.15) is 52.7 Å². The SMILES string of the molecule is CCN(CC)C1=CC2OC(C=C3CCC(=Cc4cc5ccc(N(CC)CC)cc5o4)C3=O)CC2C=C1. The first-order valence-corrected chi connectivity index (χ1v) is 13.6. The third-order valence-electron chi connectivity index (χ3n) is 7.84. The maximum absolute atomic E-state index is 13.2. The summed E-state index contributed by atoms with van der Waals surface area (Å²) in [5.41, 5.74) is 4.96. The van der Waals surface area contributed by atoms with E-state index in [4.69, 9.17) is 9.15 Å². The van der Waals surface area contributed by atoms with E-state index in [0.717, 1.165) is 79.0 Å². The number of benzene rings is 1. The molecule has 1 saturated heterocycles. The zero-order valence-electron chi connectivity index (χ0n) is 22.0.